The zero-order chi connectivity index (χ0) is 24.6. The number of rotatable bonds is 15. The Morgan fingerprint density at radius 1 is 1.03 bits per heavy atom. The largest absolute Gasteiger partial charge is 0.394 e. The molecule has 0 aliphatic carbocycles. The number of carbonyl (C=O) groups excluding carboxylic acids is 1. The number of hydrogen-bond donors (Lipinski definition) is 6. The molecule has 1 fully saturated rings. The van der Waals surface area contributed by atoms with E-state index < -0.39 is 49.5 Å². The molecule has 0 radical (unpaired) electrons. The lowest BCUT2D eigenvalue weighted by Gasteiger charge is -2.40. The topological polar surface area (TPSA) is 149 Å². The Morgan fingerprint density at radius 3 is 2.27 bits per heavy atom. The minimum atomic E-state index is -1.56. The van der Waals surface area contributed by atoms with Gasteiger partial charge in [0.05, 0.1) is 25.4 Å². The lowest BCUT2D eigenvalue weighted by atomic mass is 9.99. The minimum Gasteiger partial charge on any atom is -0.394 e. The van der Waals surface area contributed by atoms with E-state index in [0.717, 1.165) is 25.7 Å². The molecule has 6 N–H and O–H groups in total. The summed E-state index contributed by atoms with van der Waals surface area (Å²) in [6.07, 6.45) is 8.12. The maximum Gasteiger partial charge on any atom is 0.220 e. The first kappa shape index (κ1) is 29.4. The Kier molecular flexibility index (Phi) is 15.1. The van der Waals surface area contributed by atoms with Crippen LogP contribution in [0.1, 0.15) is 52.4 Å². The van der Waals surface area contributed by atoms with Crippen LogP contribution in [0.2, 0.25) is 0 Å². The van der Waals surface area contributed by atoms with Gasteiger partial charge in [-0.3, -0.25) is 4.79 Å². The molecular weight excluding hydrogens is 430 g/mol. The molecule has 0 aromatic carbocycles. The number of amides is 1. The molecule has 0 bridgehead atoms. The van der Waals surface area contributed by atoms with Gasteiger partial charge in [0, 0.05) is 6.42 Å². The van der Waals surface area contributed by atoms with Gasteiger partial charge in [-0.25, -0.2) is 0 Å². The fraction of sp³-hybridized carbons (Fsp3) is 0.708. The summed E-state index contributed by atoms with van der Waals surface area (Å²) in [5, 5.41) is 52.5. The van der Waals surface area contributed by atoms with Crippen molar-refractivity contribution in [2.75, 3.05) is 13.2 Å². The van der Waals surface area contributed by atoms with Crippen molar-refractivity contribution in [1.82, 2.24) is 5.32 Å². The van der Waals surface area contributed by atoms with Crippen molar-refractivity contribution < 1.29 is 39.8 Å². The summed E-state index contributed by atoms with van der Waals surface area (Å²) in [7, 11) is 0. The Bertz CT molecular complexity index is 622. The molecule has 190 valence electrons. The molecule has 7 unspecified atom stereocenters. The first-order valence-electron chi connectivity index (χ1n) is 11.7. The van der Waals surface area contributed by atoms with Gasteiger partial charge in [0.1, 0.15) is 24.4 Å². The summed E-state index contributed by atoms with van der Waals surface area (Å²) in [6, 6.07) is -0.816. The minimum absolute atomic E-state index is 0.214. The van der Waals surface area contributed by atoms with Crippen molar-refractivity contribution >= 4 is 5.91 Å². The number of nitrogens with one attached hydrogen (secondary N) is 1. The number of allylic oxidation sites excluding steroid dienone is 5. The summed E-state index contributed by atoms with van der Waals surface area (Å²) >= 11 is 0. The molecule has 1 heterocycles. The van der Waals surface area contributed by atoms with Gasteiger partial charge >= 0.3 is 0 Å². The summed E-state index contributed by atoms with van der Waals surface area (Å²) < 4.78 is 10.8. The fourth-order valence-electron chi connectivity index (χ4n) is 3.29. The van der Waals surface area contributed by atoms with Gasteiger partial charge in [-0.05, 0) is 39.0 Å². The number of ether oxygens (including phenoxy) is 2. The van der Waals surface area contributed by atoms with Gasteiger partial charge in [0.25, 0.3) is 0 Å². The Morgan fingerprint density at radius 2 is 1.67 bits per heavy atom. The van der Waals surface area contributed by atoms with Crippen LogP contribution < -0.4 is 5.32 Å². The van der Waals surface area contributed by atoms with Crippen LogP contribution in [-0.2, 0) is 14.3 Å². The van der Waals surface area contributed by atoms with E-state index in [4.69, 9.17) is 9.47 Å². The highest BCUT2D eigenvalue weighted by molar-refractivity contribution is 5.76. The van der Waals surface area contributed by atoms with Crippen molar-refractivity contribution in [2.45, 2.75) is 95.2 Å². The van der Waals surface area contributed by atoms with Gasteiger partial charge in [0.2, 0.25) is 5.91 Å². The standard InChI is InChI=1S/C24H41NO8/c1-3-5-6-7-8-9-10-11-12-14-18(27)17(25-20(28)13-4-2)16-32-24-23(31)22(30)21(29)19(15-26)33-24/h3,5,8-9,12,14,17-19,21-24,26-27,29-31H,4,6-7,10-11,13,15-16H2,1-2H3,(H,25,28)/b5-3+,9-8+,14-12+. The first-order chi connectivity index (χ1) is 15.8. The highest BCUT2D eigenvalue weighted by Gasteiger charge is 2.44. The number of unbranched alkanes of at least 4 members (excludes halogenated alkanes) is 2. The Balaban J connectivity index is 2.64. The predicted molar refractivity (Wildman–Crippen MR) is 124 cm³/mol. The molecule has 0 saturated carbocycles. The third-order valence-corrected chi connectivity index (χ3v) is 5.26. The average molecular weight is 472 g/mol. The number of aliphatic hydroxyl groups is 5. The smallest absolute Gasteiger partial charge is 0.220 e. The van der Waals surface area contributed by atoms with Crippen LogP contribution in [0, 0.1) is 0 Å². The van der Waals surface area contributed by atoms with E-state index in [1.807, 2.05) is 26.0 Å². The molecule has 1 aliphatic heterocycles. The van der Waals surface area contributed by atoms with E-state index in [0.29, 0.717) is 6.42 Å². The summed E-state index contributed by atoms with van der Waals surface area (Å²) in [5.41, 5.74) is 0. The van der Waals surface area contributed by atoms with Crippen LogP contribution >= 0.6 is 0 Å². The van der Waals surface area contributed by atoms with Gasteiger partial charge in [-0.1, -0.05) is 43.4 Å². The zero-order valence-corrected chi connectivity index (χ0v) is 19.6. The average Bonchev–Trinajstić information content (AvgIpc) is 2.80. The normalized spacial score (nSPS) is 28.0. The molecule has 33 heavy (non-hydrogen) atoms. The summed E-state index contributed by atoms with van der Waals surface area (Å²) in [4.78, 5) is 12.1. The van der Waals surface area contributed by atoms with E-state index >= 15 is 0 Å². The van der Waals surface area contributed by atoms with Gasteiger partial charge in [-0.2, -0.15) is 0 Å². The van der Waals surface area contributed by atoms with Crippen LogP contribution in [0.25, 0.3) is 0 Å². The van der Waals surface area contributed by atoms with Crippen LogP contribution in [-0.4, -0.2) is 87.5 Å². The van der Waals surface area contributed by atoms with E-state index in [1.54, 1.807) is 6.08 Å². The molecule has 1 rings (SSSR count). The van der Waals surface area contributed by atoms with Gasteiger partial charge in [-0.15, -0.1) is 0 Å². The summed E-state index contributed by atoms with van der Waals surface area (Å²) in [5.74, 6) is -0.253. The molecule has 0 aromatic heterocycles. The van der Waals surface area contributed by atoms with E-state index in [-0.39, 0.29) is 18.9 Å². The lowest BCUT2D eigenvalue weighted by Crippen LogP contribution is -2.60. The van der Waals surface area contributed by atoms with E-state index in [9.17, 15) is 30.3 Å². The summed E-state index contributed by atoms with van der Waals surface area (Å²) in [6.45, 7) is 3.07. The molecule has 9 nitrogen and oxygen atoms in total. The van der Waals surface area contributed by atoms with Crippen molar-refractivity contribution in [1.29, 1.82) is 0 Å². The Hall–Kier alpha value is -1.59. The van der Waals surface area contributed by atoms with Gasteiger partial charge < -0.3 is 40.3 Å². The highest BCUT2D eigenvalue weighted by Crippen LogP contribution is 2.22. The first-order valence-corrected chi connectivity index (χ1v) is 11.7. The molecule has 1 aliphatic rings. The van der Waals surface area contributed by atoms with Crippen molar-refractivity contribution in [3.05, 3.63) is 36.5 Å². The second-order valence-corrected chi connectivity index (χ2v) is 8.07. The number of carbonyl (C=O) groups is 1. The third kappa shape index (κ3) is 10.9. The molecule has 9 heteroatoms. The quantitative estimate of drug-likeness (QED) is 0.151. The van der Waals surface area contributed by atoms with Crippen molar-refractivity contribution in [3.8, 4) is 0 Å². The predicted octanol–water partition coefficient (Wildman–Crippen LogP) is 0.698. The maximum absolute atomic E-state index is 12.1. The number of aliphatic hydroxyl groups excluding tert-OH is 5. The number of hydrogen-bond acceptors (Lipinski definition) is 8. The van der Waals surface area contributed by atoms with Crippen LogP contribution in [0.3, 0.4) is 0 Å². The Labute approximate surface area is 196 Å². The van der Waals surface area contributed by atoms with Gasteiger partial charge in [0.15, 0.2) is 6.29 Å². The molecule has 1 saturated heterocycles. The molecular formula is C24H41NO8. The molecule has 0 spiro atoms. The molecule has 7 atom stereocenters. The fourth-order valence-corrected chi connectivity index (χ4v) is 3.29. The highest BCUT2D eigenvalue weighted by atomic mass is 16.7. The van der Waals surface area contributed by atoms with Crippen LogP contribution in [0.5, 0.6) is 0 Å². The molecule has 1 amide bonds. The van der Waals surface area contributed by atoms with E-state index in [1.165, 1.54) is 0 Å². The van der Waals surface area contributed by atoms with Crippen molar-refractivity contribution in [2.24, 2.45) is 0 Å². The van der Waals surface area contributed by atoms with Crippen LogP contribution in [0.15, 0.2) is 36.5 Å². The maximum atomic E-state index is 12.1. The second-order valence-electron chi connectivity index (χ2n) is 8.07. The van der Waals surface area contributed by atoms with Crippen molar-refractivity contribution in [3.63, 3.8) is 0 Å². The zero-order valence-electron chi connectivity index (χ0n) is 19.6. The van der Waals surface area contributed by atoms with E-state index in [2.05, 4.69) is 23.5 Å². The van der Waals surface area contributed by atoms with Crippen LogP contribution in [0.4, 0.5) is 0 Å². The lowest BCUT2D eigenvalue weighted by molar-refractivity contribution is -0.302. The third-order valence-electron chi connectivity index (χ3n) is 5.26. The SMILES string of the molecule is C/C=C/CC/C=C/CC/C=C/C(O)C(COC1OC(CO)C(O)C(O)C1O)NC(=O)CCC. The molecule has 0 aromatic rings. The second kappa shape index (κ2) is 16.9. The monoisotopic (exact) mass is 471 g/mol.